The topological polar surface area (TPSA) is 52.5 Å². The highest BCUT2D eigenvalue weighted by Crippen LogP contribution is 2.45. The fourth-order valence-electron chi connectivity index (χ4n) is 5.47. The summed E-state index contributed by atoms with van der Waals surface area (Å²) in [6, 6.07) is 12.9. The second-order valence-electron chi connectivity index (χ2n) is 10.1. The molecule has 5 rings (SSSR count). The Kier molecular flexibility index (Phi) is 6.19. The quantitative estimate of drug-likeness (QED) is 0.531. The molecule has 0 unspecified atom stereocenters. The van der Waals surface area contributed by atoms with Crippen LogP contribution in [0.1, 0.15) is 60.5 Å². The smallest absolute Gasteiger partial charge is 0.170 e. The van der Waals surface area contributed by atoms with Crippen molar-refractivity contribution in [2.45, 2.75) is 57.5 Å². The molecular formula is C28H35FN4O. The van der Waals surface area contributed by atoms with Gasteiger partial charge in [-0.3, -0.25) is 0 Å². The summed E-state index contributed by atoms with van der Waals surface area (Å²) in [5.41, 5.74) is 4.26. The number of aryl methyl sites for hydroxylation is 2. The molecule has 2 fully saturated rings. The predicted molar refractivity (Wildman–Crippen MR) is 137 cm³/mol. The summed E-state index contributed by atoms with van der Waals surface area (Å²) in [6.45, 7) is 6.65. The van der Waals surface area contributed by atoms with E-state index in [2.05, 4.69) is 48.2 Å². The zero-order chi connectivity index (χ0) is 23.9. The van der Waals surface area contributed by atoms with Crippen LogP contribution in [-0.4, -0.2) is 48.4 Å². The lowest BCUT2D eigenvalue weighted by Gasteiger charge is -2.36. The average Bonchev–Trinajstić information content (AvgIpc) is 2.82. The third-order valence-corrected chi connectivity index (χ3v) is 7.80. The number of aromatic nitrogens is 2. The number of aliphatic hydroxyl groups excluding tert-OH is 1. The number of hydrogen-bond acceptors (Lipinski definition) is 5. The SMILES string of the molecule is Cc1ccccc1C1CCN(c2nc(C3(F)CCC3)nc3c(C)cc(N(C)CCO)cc23)CC1. The van der Waals surface area contributed by atoms with E-state index in [-0.39, 0.29) is 6.61 Å². The van der Waals surface area contributed by atoms with Crippen molar-refractivity contribution in [3.63, 3.8) is 0 Å². The van der Waals surface area contributed by atoms with Gasteiger partial charge in [-0.15, -0.1) is 0 Å². The molecule has 0 amide bonds. The van der Waals surface area contributed by atoms with E-state index in [1.165, 1.54) is 11.1 Å². The van der Waals surface area contributed by atoms with Gasteiger partial charge >= 0.3 is 0 Å². The van der Waals surface area contributed by atoms with Gasteiger partial charge in [0.05, 0.1) is 12.1 Å². The van der Waals surface area contributed by atoms with Crippen molar-refractivity contribution in [1.29, 1.82) is 0 Å². The van der Waals surface area contributed by atoms with Crippen molar-refractivity contribution in [2.24, 2.45) is 0 Å². The van der Waals surface area contributed by atoms with E-state index < -0.39 is 5.67 Å². The molecule has 0 bridgehead atoms. The number of aliphatic hydroxyl groups is 1. The molecule has 2 heterocycles. The Balaban J connectivity index is 1.53. The van der Waals surface area contributed by atoms with Crippen LogP contribution in [-0.2, 0) is 5.67 Å². The monoisotopic (exact) mass is 462 g/mol. The van der Waals surface area contributed by atoms with Crippen LogP contribution in [0.25, 0.3) is 10.9 Å². The standard InChI is InChI=1S/C28H35FN4O/c1-19-7-4-5-8-23(19)21-9-13-33(14-10-21)26-24-18-22(32(3)15-16-34)17-20(2)25(24)30-27(31-26)28(29)11-6-12-28/h4-5,7-8,17-18,21,34H,6,9-16H2,1-3H3. The summed E-state index contributed by atoms with van der Waals surface area (Å²) in [7, 11) is 1.98. The number of piperidine rings is 1. The van der Waals surface area contributed by atoms with Crippen LogP contribution in [0.15, 0.2) is 36.4 Å². The van der Waals surface area contributed by atoms with E-state index in [0.717, 1.165) is 60.3 Å². The fourth-order valence-corrected chi connectivity index (χ4v) is 5.47. The second-order valence-corrected chi connectivity index (χ2v) is 10.1. The van der Waals surface area contributed by atoms with Crippen LogP contribution in [0.2, 0.25) is 0 Å². The minimum absolute atomic E-state index is 0.0899. The first kappa shape index (κ1) is 23.0. The molecular weight excluding hydrogens is 427 g/mol. The summed E-state index contributed by atoms with van der Waals surface area (Å²) >= 11 is 0. The lowest BCUT2D eigenvalue weighted by molar-refractivity contribution is 0.0512. The molecule has 1 aliphatic heterocycles. The Morgan fingerprint density at radius 2 is 1.82 bits per heavy atom. The predicted octanol–water partition coefficient (Wildman–Crippen LogP) is 5.41. The minimum atomic E-state index is -1.40. The van der Waals surface area contributed by atoms with Gasteiger partial charge in [0, 0.05) is 37.8 Å². The van der Waals surface area contributed by atoms with Crippen molar-refractivity contribution in [3.8, 4) is 0 Å². The van der Waals surface area contributed by atoms with E-state index in [4.69, 9.17) is 9.97 Å². The Bertz CT molecular complexity index is 1180. The minimum Gasteiger partial charge on any atom is -0.395 e. The maximum atomic E-state index is 15.5. The first-order valence-corrected chi connectivity index (χ1v) is 12.5. The van der Waals surface area contributed by atoms with Gasteiger partial charge in [-0.25, -0.2) is 14.4 Å². The number of hydrogen-bond donors (Lipinski definition) is 1. The molecule has 0 spiro atoms. The average molecular weight is 463 g/mol. The molecule has 1 saturated heterocycles. The van der Waals surface area contributed by atoms with Gasteiger partial charge in [0.25, 0.3) is 0 Å². The highest BCUT2D eigenvalue weighted by atomic mass is 19.1. The molecule has 2 aliphatic rings. The van der Waals surface area contributed by atoms with E-state index in [1.54, 1.807) is 0 Å². The van der Waals surface area contributed by atoms with Gasteiger partial charge in [0.2, 0.25) is 0 Å². The van der Waals surface area contributed by atoms with Gasteiger partial charge in [-0.1, -0.05) is 24.3 Å². The van der Waals surface area contributed by atoms with E-state index >= 15 is 4.39 Å². The van der Waals surface area contributed by atoms with Crippen LogP contribution in [0, 0.1) is 13.8 Å². The highest BCUT2D eigenvalue weighted by Gasteiger charge is 2.42. The number of fused-ring (bicyclic) bond motifs is 1. The lowest BCUT2D eigenvalue weighted by Crippen LogP contribution is -2.36. The van der Waals surface area contributed by atoms with Gasteiger partial charge < -0.3 is 14.9 Å². The molecule has 1 N–H and O–H groups in total. The van der Waals surface area contributed by atoms with Crippen molar-refractivity contribution < 1.29 is 9.50 Å². The Morgan fingerprint density at radius 3 is 2.47 bits per heavy atom. The summed E-state index contributed by atoms with van der Waals surface area (Å²) < 4.78 is 15.5. The van der Waals surface area contributed by atoms with Crippen LogP contribution in [0.5, 0.6) is 0 Å². The highest BCUT2D eigenvalue weighted by molar-refractivity contribution is 5.94. The molecule has 3 aromatic rings. The van der Waals surface area contributed by atoms with Crippen LogP contribution < -0.4 is 9.80 Å². The molecule has 34 heavy (non-hydrogen) atoms. The number of halogens is 1. The molecule has 6 heteroatoms. The number of nitrogens with zero attached hydrogens (tertiary/aromatic N) is 4. The van der Waals surface area contributed by atoms with Crippen molar-refractivity contribution in [2.75, 3.05) is 43.1 Å². The summed E-state index contributed by atoms with van der Waals surface area (Å²) in [5, 5.41) is 10.4. The van der Waals surface area contributed by atoms with Gasteiger partial charge in [0.1, 0.15) is 5.82 Å². The molecule has 1 aromatic heterocycles. The number of rotatable bonds is 6. The summed E-state index contributed by atoms with van der Waals surface area (Å²) in [6.07, 6.45) is 4.00. The summed E-state index contributed by atoms with van der Waals surface area (Å²) in [5.74, 6) is 1.74. The summed E-state index contributed by atoms with van der Waals surface area (Å²) in [4.78, 5) is 14.0. The number of likely N-dealkylation sites (N-methyl/N-ethyl adjacent to an activating group) is 1. The Hall–Kier alpha value is -2.73. The van der Waals surface area contributed by atoms with Crippen molar-refractivity contribution in [1.82, 2.24) is 9.97 Å². The fraction of sp³-hybridized carbons (Fsp3) is 0.500. The van der Waals surface area contributed by atoms with E-state index in [9.17, 15) is 5.11 Å². The number of benzene rings is 2. The van der Waals surface area contributed by atoms with Crippen molar-refractivity contribution >= 4 is 22.4 Å². The van der Waals surface area contributed by atoms with Crippen LogP contribution in [0.3, 0.4) is 0 Å². The third-order valence-electron chi connectivity index (χ3n) is 7.80. The van der Waals surface area contributed by atoms with Gasteiger partial charge in [0.15, 0.2) is 11.5 Å². The molecule has 5 nitrogen and oxygen atoms in total. The largest absolute Gasteiger partial charge is 0.395 e. The molecule has 2 aromatic carbocycles. The van der Waals surface area contributed by atoms with Crippen LogP contribution in [0.4, 0.5) is 15.9 Å². The van der Waals surface area contributed by atoms with Crippen LogP contribution >= 0.6 is 0 Å². The molecule has 180 valence electrons. The molecule has 0 radical (unpaired) electrons. The zero-order valence-electron chi connectivity index (χ0n) is 20.5. The van der Waals surface area contributed by atoms with Crippen molar-refractivity contribution in [3.05, 3.63) is 58.9 Å². The third kappa shape index (κ3) is 4.13. The Morgan fingerprint density at radius 1 is 1.09 bits per heavy atom. The normalized spacial score (nSPS) is 18.2. The number of alkyl halides is 1. The van der Waals surface area contributed by atoms with Gasteiger partial charge in [-0.2, -0.15) is 0 Å². The number of anilines is 2. The molecule has 0 atom stereocenters. The maximum Gasteiger partial charge on any atom is 0.170 e. The maximum absolute atomic E-state index is 15.5. The first-order chi connectivity index (χ1) is 16.4. The first-order valence-electron chi connectivity index (χ1n) is 12.5. The second kappa shape index (κ2) is 9.14. The van der Waals surface area contributed by atoms with E-state index in [1.807, 2.05) is 18.9 Å². The molecule has 1 saturated carbocycles. The Labute approximate surface area is 201 Å². The zero-order valence-corrected chi connectivity index (χ0v) is 20.5. The van der Waals surface area contributed by atoms with Gasteiger partial charge in [-0.05, 0) is 80.7 Å². The molecule has 1 aliphatic carbocycles. The lowest BCUT2D eigenvalue weighted by atomic mass is 9.81. The van der Waals surface area contributed by atoms with E-state index in [0.29, 0.717) is 31.1 Å².